The Balaban J connectivity index is 1.67. The zero-order valence-electron chi connectivity index (χ0n) is 23.1. The monoisotopic (exact) mass is 436 g/mol. The van der Waals surface area contributed by atoms with Crippen LogP contribution in [-0.2, 0) is 0 Å². The van der Waals surface area contributed by atoms with Gasteiger partial charge in [-0.25, -0.2) is 0 Å². The van der Waals surface area contributed by atoms with Gasteiger partial charge in [-0.1, -0.05) is 12.8 Å². The topological polar surface area (TPSA) is 21.8 Å². The van der Waals surface area contributed by atoms with E-state index in [9.17, 15) is 0 Å². The summed E-state index contributed by atoms with van der Waals surface area (Å²) < 4.78 is 0. The molecular weight excluding hydrogens is 380 g/mol. The summed E-state index contributed by atoms with van der Waals surface area (Å²) in [6, 6.07) is 1.41. The van der Waals surface area contributed by atoms with Crippen LogP contribution in [0.3, 0.4) is 0 Å². The van der Waals surface area contributed by atoms with Crippen LogP contribution in [-0.4, -0.2) is 83.2 Å². The van der Waals surface area contributed by atoms with E-state index in [4.69, 9.17) is 0 Å². The molecule has 0 atom stereocenters. The van der Waals surface area contributed by atoms with Gasteiger partial charge in [-0.3, -0.25) is 4.90 Å². The molecule has 0 aromatic carbocycles. The molecule has 0 aromatic heterocycles. The van der Waals surface area contributed by atoms with Gasteiger partial charge in [-0.05, 0) is 128 Å². The number of nitrogens with one attached hydrogen (secondary N) is 1. The Morgan fingerprint density at radius 1 is 0.645 bits per heavy atom. The number of rotatable bonds is 9. The molecule has 0 bridgehead atoms. The maximum Gasteiger partial charge on any atom is 0.0170 e. The van der Waals surface area contributed by atoms with E-state index in [0.717, 1.165) is 0 Å². The zero-order valence-corrected chi connectivity index (χ0v) is 23.1. The Hall–Kier alpha value is -0.160. The summed E-state index contributed by atoms with van der Waals surface area (Å²) in [5.74, 6) is 0. The molecule has 4 heteroatoms. The molecule has 2 fully saturated rings. The summed E-state index contributed by atoms with van der Waals surface area (Å²) in [6.07, 6.45) is 10.4. The lowest BCUT2D eigenvalue weighted by molar-refractivity contribution is -0.0426. The second-order valence-corrected chi connectivity index (χ2v) is 13.6. The fraction of sp³-hybridized carbons (Fsp3) is 1.00. The average molecular weight is 437 g/mol. The fourth-order valence-corrected chi connectivity index (χ4v) is 6.65. The van der Waals surface area contributed by atoms with Crippen molar-refractivity contribution in [3.63, 3.8) is 0 Å². The zero-order chi connectivity index (χ0) is 23.7. The molecule has 0 aliphatic carbocycles. The largest absolute Gasteiger partial charge is 0.307 e. The van der Waals surface area contributed by atoms with Gasteiger partial charge >= 0.3 is 0 Å². The molecule has 0 unspecified atom stereocenters. The van der Waals surface area contributed by atoms with E-state index >= 15 is 0 Å². The Bertz CT molecular complexity index is 532. The van der Waals surface area contributed by atoms with Gasteiger partial charge in [0.1, 0.15) is 0 Å². The molecule has 31 heavy (non-hydrogen) atoms. The van der Waals surface area contributed by atoms with E-state index < -0.39 is 0 Å². The van der Waals surface area contributed by atoms with Crippen LogP contribution in [0.15, 0.2) is 0 Å². The number of unbranched alkanes of at least 4 members (excludes halogenated alkanes) is 3. The SMILES string of the molecule is CN(CCCCCCN(C)C1CC(C)(C)N(C)C(C)(C)C1)C1CC(C)(C)NC(C)(C)C1. The first kappa shape index (κ1) is 27.1. The molecule has 2 aliphatic heterocycles. The van der Waals surface area contributed by atoms with Gasteiger partial charge in [0.15, 0.2) is 0 Å². The molecule has 0 aromatic rings. The third kappa shape index (κ3) is 7.69. The first-order valence-electron chi connectivity index (χ1n) is 13.0. The number of likely N-dealkylation sites (tertiary alicyclic amines) is 1. The Morgan fingerprint density at radius 3 is 1.39 bits per heavy atom. The minimum Gasteiger partial charge on any atom is -0.307 e. The van der Waals surface area contributed by atoms with Crippen molar-refractivity contribution in [2.75, 3.05) is 34.2 Å². The summed E-state index contributed by atoms with van der Waals surface area (Å²) in [5, 5.41) is 3.82. The normalized spacial score (nSPS) is 26.6. The summed E-state index contributed by atoms with van der Waals surface area (Å²) in [5.41, 5.74) is 1.04. The van der Waals surface area contributed by atoms with Crippen LogP contribution in [0.25, 0.3) is 0 Å². The first-order valence-corrected chi connectivity index (χ1v) is 13.0. The Morgan fingerprint density at radius 2 is 1.00 bits per heavy atom. The standard InChI is InChI=1S/C27H56N4/c1-24(2)18-22(19-25(3,4)28-24)29(9)16-14-12-13-15-17-30(10)23-20-26(5,6)31(11)27(7,8)21-23/h22-23,28H,12-21H2,1-11H3. The van der Waals surface area contributed by atoms with Gasteiger partial charge in [0.25, 0.3) is 0 Å². The summed E-state index contributed by atoms with van der Waals surface area (Å²) >= 11 is 0. The van der Waals surface area contributed by atoms with E-state index in [1.54, 1.807) is 0 Å². The average Bonchev–Trinajstić information content (AvgIpc) is 2.58. The van der Waals surface area contributed by atoms with Gasteiger partial charge in [0.05, 0.1) is 0 Å². The minimum absolute atomic E-state index is 0.238. The van der Waals surface area contributed by atoms with Crippen molar-refractivity contribution in [3.8, 4) is 0 Å². The summed E-state index contributed by atoms with van der Waals surface area (Å²) in [4.78, 5) is 7.88. The maximum absolute atomic E-state index is 3.82. The second kappa shape index (κ2) is 9.99. The van der Waals surface area contributed by atoms with E-state index in [-0.39, 0.29) is 22.2 Å². The van der Waals surface area contributed by atoms with Crippen molar-refractivity contribution in [2.24, 2.45) is 0 Å². The van der Waals surface area contributed by atoms with Crippen LogP contribution in [0.5, 0.6) is 0 Å². The number of piperidine rings is 2. The van der Waals surface area contributed by atoms with Crippen LogP contribution in [0, 0.1) is 0 Å². The van der Waals surface area contributed by atoms with Gasteiger partial charge in [0, 0.05) is 34.2 Å². The fourth-order valence-electron chi connectivity index (χ4n) is 6.65. The van der Waals surface area contributed by atoms with Crippen molar-refractivity contribution in [3.05, 3.63) is 0 Å². The van der Waals surface area contributed by atoms with Crippen LogP contribution in [0.1, 0.15) is 107 Å². The van der Waals surface area contributed by atoms with Crippen LogP contribution >= 0.6 is 0 Å². The number of hydrogen-bond donors (Lipinski definition) is 1. The first-order chi connectivity index (χ1) is 14.0. The smallest absolute Gasteiger partial charge is 0.0170 e. The molecular formula is C27H56N4. The number of hydrogen-bond acceptors (Lipinski definition) is 4. The van der Waals surface area contributed by atoms with Gasteiger partial charge in [-0.2, -0.15) is 0 Å². The molecule has 2 saturated heterocycles. The third-order valence-corrected chi connectivity index (χ3v) is 8.47. The van der Waals surface area contributed by atoms with E-state index in [1.807, 2.05) is 0 Å². The highest BCUT2D eigenvalue weighted by atomic mass is 15.3. The van der Waals surface area contributed by atoms with Crippen LogP contribution in [0.2, 0.25) is 0 Å². The lowest BCUT2D eigenvalue weighted by Gasteiger charge is -2.55. The van der Waals surface area contributed by atoms with Crippen molar-refractivity contribution in [2.45, 2.75) is 141 Å². The molecule has 0 radical (unpaired) electrons. The Kier molecular flexibility index (Phi) is 8.73. The molecule has 4 nitrogen and oxygen atoms in total. The lowest BCUT2D eigenvalue weighted by Crippen LogP contribution is -2.62. The van der Waals surface area contributed by atoms with Crippen LogP contribution in [0.4, 0.5) is 0 Å². The van der Waals surface area contributed by atoms with Crippen molar-refractivity contribution >= 4 is 0 Å². The molecule has 0 amide bonds. The molecule has 0 saturated carbocycles. The Labute approximate surface area is 195 Å². The van der Waals surface area contributed by atoms with E-state index in [2.05, 4.69) is 96.5 Å². The van der Waals surface area contributed by atoms with E-state index in [1.165, 1.54) is 64.5 Å². The molecule has 1 N–H and O–H groups in total. The molecule has 2 heterocycles. The molecule has 2 aliphatic rings. The van der Waals surface area contributed by atoms with Crippen LogP contribution < -0.4 is 5.32 Å². The highest BCUT2D eigenvalue weighted by molar-refractivity contribution is 5.01. The highest BCUT2D eigenvalue weighted by Crippen LogP contribution is 2.38. The summed E-state index contributed by atoms with van der Waals surface area (Å²) in [6.45, 7) is 21.6. The molecule has 0 spiro atoms. The molecule has 2 rings (SSSR count). The van der Waals surface area contributed by atoms with Crippen molar-refractivity contribution < 1.29 is 0 Å². The minimum atomic E-state index is 0.238. The maximum atomic E-state index is 3.82. The van der Waals surface area contributed by atoms with E-state index in [0.29, 0.717) is 12.1 Å². The van der Waals surface area contributed by atoms with Crippen molar-refractivity contribution in [1.82, 2.24) is 20.0 Å². The van der Waals surface area contributed by atoms with Gasteiger partial charge in [0.2, 0.25) is 0 Å². The lowest BCUT2D eigenvalue weighted by atomic mass is 9.77. The number of nitrogens with zero attached hydrogens (tertiary/aromatic N) is 3. The quantitative estimate of drug-likeness (QED) is 0.490. The van der Waals surface area contributed by atoms with Gasteiger partial charge in [-0.15, -0.1) is 0 Å². The molecule has 184 valence electrons. The second-order valence-electron chi connectivity index (χ2n) is 13.6. The van der Waals surface area contributed by atoms with Crippen molar-refractivity contribution in [1.29, 1.82) is 0 Å². The summed E-state index contributed by atoms with van der Waals surface area (Å²) in [7, 11) is 7.01. The van der Waals surface area contributed by atoms with Gasteiger partial charge < -0.3 is 15.1 Å². The third-order valence-electron chi connectivity index (χ3n) is 8.47. The highest BCUT2D eigenvalue weighted by Gasteiger charge is 2.44. The predicted octanol–water partition coefficient (Wildman–Crippen LogP) is 5.37. The predicted molar refractivity (Wildman–Crippen MR) is 137 cm³/mol.